The zero-order chi connectivity index (χ0) is 31.1. The highest BCUT2D eigenvalue weighted by Crippen LogP contribution is 2.47. The van der Waals surface area contributed by atoms with Gasteiger partial charge in [-0.15, -0.1) is 0 Å². The number of nitrogens with zero attached hydrogens (tertiary/aromatic N) is 2. The van der Waals surface area contributed by atoms with Gasteiger partial charge < -0.3 is 9.47 Å². The summed E-state index contributed by atoms with van der Waals surface area (Å²) >= 11 is 0. The van der Waals surface area contributed by atoms with Gasteiger partial charge in [0.1, 0.15) is 0 Å². The lowest BCUT2D eigenvalue weighted by Crippen LogP contribution is -2.64. The van der Waals surface area contributed by atoms with Gasteiger partial charge in [0.25, 0.3) is 0 Å². The number of aryl methyl sites for hydroxylation is 1. The van der Waals surface area contributed by atoms with Crippen LogP contribution in [-0.2, 0) is 18.3 Å². The van der Waals surface area contributed by atoms with E-state index in [1.807, 2.05) is 0 Å². The van der Waals surface area contributed by atoms with Gasteiger partial charge in [0.2, 0.25) is 6.71 Å². The van der Waals surface area contributed by atoms with E-state index in [9.17, 15) is 0 Å². The van der Waals surface area contributed by atoms with Gasteiger partial charge in [-0.3, -0.25) is 0 Å². The molecule has 2 nitrogen and oxygen atoms in total. The molecule has 3 heterocycles. The molecule has 7 aromatic rings. The molecule has 0 radical (unpaired) electrons. The topological polar surface area (TPSA) is 8.17 Å². The first-order chi connectivity index (χ1) is 23.2. The minimum Gasteiger partial charge on any atom is -0.313 e. The molecule has 47 heavy (non-hydrogen) atoms. The summed E-state index contributed by atoms with van der Waals surface area (Å²) < 4.78 is 2.62. The molecule has 10 rings (SSSR count). The molecular weight excluding hydrogens is 567 g/mol. The summed E-state index contributed by atoms with van der Waals surface area (Å²) in [6.07, 6.45) is 4.77. The van der Waals surface area contributed by atoms with E-state index >= 15 is 0 Å². The molecule has 0 N–H and O–H groups in total. The molecule has 0 fully saturated rings. The van der Waals surface area contributed by atoms with E-state index < -0.39 is 0 Å². The van der Waals surface area contributed by atoms with Gasteiger partial charge in [0, 0.05) is 39.2 Å². The SMILES string of the molecule is CC1(c2ccccc2)c2ccccc2B2c3ccccc3N(c3ccccc3)c3cc(-n4c5c(c6ccccc64)CCCC5)cc1c32. The highest BCUT2D eigenvalue weighted by molar-refractivity contribution is 6.99. The molecule has 0 spiro atoms. The molecule has 1 atom stereocenters. The van der Waals surface area contributed by atoms with Gasteiger partial charge in [-0.1, -0.05) is 115 Å². The Balaban J connectivity index is 1.38. The molecule has 0 saturated heterocycles. The fourth-order valence-electron chi connectivity index (χ4n) is 9.28. The molecule has 0 saturated carbocycles. The maximum atomic E-state index is 2.62. The van der Waals surface area contributed by atoms with Gasteiger partial charge in [0.15, 0.2) is 0 Å². The first-order valence-electron chi connectivity index (χ1n) is 17.1. The number of fused-ring (bicyclic) bond motifs is 7. The normalized spacial score (nSPS) is 17.6. The van der Waals surface area contributed by atoms with Crippen LogP contribution in [0.5, 0.6) is 0 Å². The molecule has 3 aliphatic rings. The van der Waals surface area contributed by atoms with Crippen LogP contribution in [0.3, 0.4) is 0 Å². The van der Waals surface area contributed by atoms with Crippen molar-refractivity contribution in [3.8, 4) is 5.69 Å². The van der Waals surface area contributed by atoms with Crippen molar-refractivity contribution in [2.45, 2.75) is 38.0 Å². The standard InChI is InChI=1S/C44H35BN2/c1-44(30-16-4-2-5-17-30)35-22-10-11-23-37(35)45-38-24-12-15-27-41(38)46(31-18-6-3-7-19-31)42-29-32(28-36(44)43(42)45)47-39-25-13-8-20-33(39)34-21-9-14-26-40(34)47/h2-8,10-13,15-20,22-25,27-29H,9,14,21,26H2,1H3. The van der Waals surface area contributed by atoms with E-state index in [-0.39, 0.29) is 12.1 Å². The van der Waals surface area contributed by atoms with E-state index in [0.29, 0.717) is 0 Å². The molecule has 2 aliphatic heterocycles. The molecular formula is C44H35BN2. The summed E-state index contributed by atoms with van der Waals surface area (Å²) in [7, 11) is 0. The molecule has 0 bridgehead atoms. The number of hydrogen-bond donors (Lipinski definition) is 0. The van der Waals surface area contributed by atoms with Gasteiger partial charge in [-0.2, -0.15) is 0 Å². The van der Waals surface area contributed by atoms with Crippen LogP contribution < -0.4 is 21.3 Å². The van der Waals surface area contributed by atoms with Crippen LogP contribution in [0.25, 0.3) is 16.6 Å². The maximum Gasteiger partial charge on any atom is 0.247 e. The van der Waals surface area contributed by atoms with Crippen molar-refractivity contribution < 1.29 is 0 Å². The predicted octanol–water partition coefficient (Wildman–Crippen LogP) is 8.48. The van der Waals surface area contributed by atoms with Crippen molar-refractivity contribution in [1.29, 1.82) is 0 Å². The minimum atomic E-state index is -0.341. The lowest BCUT2D eigenvalue weighted by molar-refractivity contribution is 0.665. The van der Waals surface area contributed by atoms with Crippen LogP contribution in [0.1, 0.15) is 47.7 Å². The number of rotatable bonds is 3. The highest BCUT2D eigenvalue weighted by atomic mass is 15.2. The van der Waals surface area contributed by atoms with Gasteiger partial charge in [-0.05, 0) is 102 Å². The third-order valence-corrected chi connectivity index (χ3v) is 11.3. The fraction of sp³-hybridized carbons (Fsp3) is 0.136. The van der Waals surface area contributed by atoms with Crippen molar-refractivity contribution in [2.24, 2.45) is 0 Å². The molecule has 1 unspecified atom stereocenters. The van der Waals surface area contributed by atoms with Crippen molar-refractivity contribution in [2.75, 3.05) is 4.90 Å². The number of anilines is 3. The van der Waals surface area contributed by atoms with E-state index in [2.05, 4.69) is 162 Å². The average Bonchev–Trinajstić information content (AvgIpc) is 3.48. The Labute approximate surface area is 277 Å². The zero-order valence-corrected chi connectivity index (χ0v) is 26.7. The number of benzene rings is 6. The number of aromatic nitrogens is 1. The van der Waals surface area contributed by atoms with Crippen LogP contribution in [0.2, 0.25) is 0 Å². The van der Waals surface area contributed by atoms with Crippen molar-refractivity contribution in [1.82, 2.24) is 4.57 Å². The third kappa shape index (κ3) is 3.69. The first-order valence-corrected chi connectivity index (χ1v) is 17.1. The van der Waals surface area contributed by atoms with Crippen LogP contribution >= 0.6 is 0 Å². The van der Waals surface area contributed by atoms with E-state index in [0.717, 1.165) is 12.8 Å². The van der Waals surface area contributed by atoms with Gasteiger partial charge in [-0.25, -0.2) is 0 Å². The first kappa shape index (κ1) is 26.9. The van der Waals surface area contributed by atoms with Gasteiger partial charge in [0.05, 0.1) is 5.52 Å². The third-order valence-electron chi connectivity index (χ3n) is 11.3. The van der Waals surface area contributed by atoms with Crippen molar-refractivity contribution in [3.05, 3.63) is 174 Å². The summed E-state index contributed by atoms with van der Waals surface area (Å²) in [5.74, 6) is 0. The number of para-hydroxylation sites is 3. The van der Waals surface area contributed by atoms with Crippen LogP contribution in [0.15, 0.2) is 146 Å². The van der Waals surface area contributed by atoms with E-state index in [4.69, 9.17) is 0 Å². The second-order valence-corrected chi connectivity index (χ2v) is 13.7. The Morgan fingerprint density at radius 2 is 1.26 bits per heavy atom. The Hall–Kier alpha value is -5.28. The predicted molar refractivity (Wildman–Crippen MR) is 198 cm³/mol. The van der Waals surface area contributed by atoms with Crippen LogP contribution in [-0.4, -0.2) is 11.3 Å². The molecule has 6 aromatic carbocycles. The number of hydrogen-bond acceptors (Lipinski definition) is 1. The smallest absolute Gasteiger partial charge is 0.247 e. The monoisotopic (exact) mass is 602 g/mol. The second-order valence-electron chi connectivity index (χ2n) is 13.7. The average molecular weight is 603 g/mol. The molecule has 1 aromatic heterocycles. The van der Waals surface area contributed by atoms with Gasteiger partial charge >= 0.3 is 0 Å². The molecule has 3 heteroatoms. The Morgan fingerprint density at radius 3 is 2.11 bits per heavy atom. The summed E-state index contributed by atoms with van der Waals surface area (Å²) in [5, 5.41) is 1.41. The quantitative estimate of drug-likeness (QED) is 0.184. The van der Waals surface area contributed by atoms with E-state index in [1.165, 1.54) is 90.8 Å². The van der Waals surface area contributed by atoms with Crippen molar-refractivity contribution >= 4 is 51.1 Å². The summed E-state index contributed by atoms with van der Waals surface area (Å²) in [6, 6.07) is 54.6. The Morgan fingerprint density at radius 1 is 0.574 bits per heavy atom. The van der Waals surface area contributed by atoms with E-state index in [1.54, 1.807) is 0 Å². The largest absolute Gasteiger partial charge is 0.313 e. The van der Waals surface area contributed by atoms with Crippen LogP contribution in [0, 0.1) is 0 Å². The minimum absolute atomic E-state index is 0.147. The molecule has 224 valence electrons. The highest BCUT2D eigenvalue weighted by Gasteiger charge is 2.48. The fourth-order valence-corrected chi connectivity index (χ4v) is 9.28. The Bertz CT molecular complexity index is 2340. The summed E-state index contributed by atoms with van der Waals surface area (Å²) in [4.78, 5) is 2.53. The Kier molecular flexibility index (Phi) is 5.79. The van der Waals surface area contributed by atoms with Crippen LogP contribution in [0.4, 0.5) is 17.1 Å². The summed E-state index contributed by atoms with van der Waals surface area (Å²) in [6.45, 7) is 2.61. The van der Waals surface area contributed by atoms with Crippen molar-refractivity contribution in [3.63, 3.8) is 0 Å². The molecule has 0 amide bonds. The molecule has 1 aliphatic carbocycles. The second kappa shape index (κ2) is 10.1. The lowest BCUT2D eigenvalue weighted by atomic mass is 9.29. The zero-order valence-electron chi connectivity index (χ0n) is 26.7. The lowest BCUT2D eigenvalue weighted by Gasteiger charge is -2.47. The maximum absolute atomic E-state index is 2.62. The summed E-state index contributed by atoms with van der Waals surface area (Å²) in [5.41, 5.74) is 17.3.